The van der Waals surface area contributed by atoms with Gasteiger partial charge in [-0.05, 0) is 12.1 Å². The second kappa shape index (κ2) is 7.93. The highest BCUT2D eigenvalue weighted by Gasteiger charge is 2.05. The van der Waals surface area contributed by atoms with Crippen molar-refractivity contribution in [2.24, 2.45) is 0 Å². The van der Waals surface area contributed by atoms with Crippen LogP contribution < -0.4 is 10.1 Å². The van der Waals surface area contributed by atoms with Gasteiger partial charge in [0.1, 0.15) is 11.8 Å². The molecule has 108 valence electrons. The fraction of sp³-hybridized carbons (Fsp3) is 0.235. The quantitative estimate of drug-likeness (QED) is 0.846. The second-order valence-corrected chi connectivity index (χ2v) is 4.50. The molecule has 0 radical (unpaired) electrons. The van der Waals surface area contributed by atoms with E-state index in [4.69, 9.17) is 14.7 Å². The molecule has 2 rings (SSSR count). The molecule has 0 aliphatic heterocycles. The number of hydrogen-bond acceptors (Lipinski definition) is 4. The van der Waals surface area contributed by atoms with Crippen LogP contribution in [0.4, 0.5) is 5.69 Å². The fourth-order valence-electron chi connectivity index (χ4n) is 2.07. The van der Waals surface area contributed by atoms with Crippen LogP contribution in [0.1, 0.15) is 11.1 Å². The van der Waals surface area contributed by atoms with Gasteiger partial charge in [0.15, 0.2) is 6.61 Å². The highest BCUT2D eigenvalue weighted by atomic mass is 16.5. The van der Waals surface area contributed by atoms with E-state index in [0.29, 0.717) is 13.2 Å². The van der Waals surface area contributed by atoms with Gasteiger partial charge in [-0.3, -0.25) is 0 Å². The van der Waals surface area contributed by atoms with Gasteiger partial charge in [-0.25, -0.2) is 0 Å². The van der Waals surface area contributed by atoms with Crippen LogP contribution in [0.25, 0.3) is 0 Å². The average Bonchev–Trinajstić information content (AvgIpc) is 2.53. The second-order valence-electron chi connectivity index (χ2n) is 4.50. The third-order valence-corrected chi connectivity index (χ3v) is 3.05. The Morgan fingerprint density at radius 1 is 1.05 bits per heavy atom. The van der Waals surface area contributed by atoms with Gasteiger partial charge in [-0.15, -0.1) is 0 Å². The summed E-state index contributed by atoms with van der Waals surface area (Å²) in [5.41, 5.74) is 3.16. The predicted octanol–water partition coefficient (Wildman–Crippen LogP) is 3.35. The van der Waals surface area contributed by atoms with Gasteiger partial charge in [0.05, 0.1) is 6.61 Å². The van der Waals surface area contributed by atoms with Crippen molar-refractivity contribution >= 4 is 5.69 Å². The van der Waals surface area contributed by atoms with Crippen molar-refractivity contribution in [3.63, 3.8) is 0 Å². The van der Waals surface area contributed by atoms with Crippen molar-refractivity contribution in [1.29, 1.82) is 5.26 Å². The zero-order valence-electron chi connectivity index (χ0n) is 12.0. The maximum absolute atomic E-state index is 8.62. The zero-order chi connectivity index (χ0) is 14.9. The molecule has 21 heavy (non-hydrogen) atoms. The molecule has 0 fully saturated rings. The van der Waals surface area contributed by atoms with E-state index in [9.17, 15) is 0 Å². The Balaban J connectivity index is 2.08. The zero-order valence-corrected chi connectivity index (χ0v) is 12.0. The SMILES string of the molecule is COCc1ccccc1NCc1ccccc1OCC#N. The van der Waals surface area contributed by atoms with E-state index in [2.05, 4.69) is 5.32 Å². The van der Waals surface area contributed by atoms with Crippen LogP contribution in [0, 0.1) is 11.3 Å². The van der Waals surface area contributed by atoms with Gasteiger partial charge in [0.25, 0.3) is 0 Å². The largest absolute Gasteiger partial charge is 0.478 e. The van der Waals surface area contributed by atoms with Crippen molar-refractivity contribution in [3.8, 4) is 11.8 Å². The van der Waals surface area contributed by atoms with E-state index in [1.807, 2.05) is 54.6 Å². The molecule has 4 heteroatoms. The molecular weight excluding hydrogens is 264 g/mol. The Bertz CT molecular complexity index is 620. The highest BCUT2D eigenvalue weighted by molar-refractivity contribution is 5.51. The first-order valence-electron chi connectivity index (χ1n) is 6.73. The van der Waals surface area contributed by atoms with Gasteiger partial charge < -0.3 is 14.8 Å². The lowest BCUT2D eigenvalue weighted by atomic mass is 10.1. The first-order valence-corrected chi connectivity index (χ1v) is 6.73. The lowest BCUT2D eigenvalue weighted by Gasteiger charge is -2.13. The molecule has 0 heterocycles. The number of benzene rings is 2. The molecule has 0 spiro atoms. The van der Waals surface area contributed by atoms with Crippen LogP contribution in [-0.2, 0) is 17.9 Å². The van der Waals surface area contributed by atoms with Crippen molar-refractivity contribution in [2.45, 2.75) is 13.2 Å². The Morgan fingerprint density at radius 3 is 2.52 bits per heavy atom. The molecule has 1 N–H and O–H groups in total. The number of para-hydroxylation sites is 2. The van der Waals surface area contributed by atoms with Gasteiger partial charge in [-0.2, -0.15) is 5.26 Å². The van der Waals surface area contributed by atoms with Crippen LogP contribution in [0.2, 0.25) is 0 Å². The smallest absolute Gasteiger partial charge is 0.174 e. The maximum Gasteiger partial charge on any atom is 0.174 e. The molecule has 0 amide bonds. The van der Waals surface area contributed by atoms with Gasteiger partial charge in [0.2, 0.25) is 0 Å². The monoisotopic (exact) mass is 282 g/mol. The lowest BCUT2D eigenvalue weighted by Crippen LogP contribution is -2.05. The van der Waals surface area contributed by atoms with E-state index in [1.165, 1.54) is 0 Å². The van der Waals surface area contributed by atoms with Crippen molar-refractivity contribution in [2.75, 3.05) is 19.0 Å². The van der Waals surface area contributed by atoms with Crippen LogP contribution in [0.3, 0.4) is 0 Å². The van der Waals surface area contributed by atoms with Crippen molar-refractivity contribution < 1.29 is 9.47 Å². The van der Waals surface area contributed by atoms with Gasteiger partial charge in [0, 0.05) is 30.5 Å². The summed E-state index contributed by atoms with van der Waals surface area (Å²) in [7, 11) is 1.68. The highest BCUT2D eigenvalue weighted by Crippen LogP contribution is 2.21. The molecule has 0 saturated heterocycles. The Kier molecular flexibility index (Phi) is 5.62. The predicted molar refractivity (Wildman–Crippen MR) is 82.0 cm³/mol. The molecule has 0 aliphatic carbocycles. The van der Waals surface area contributed by atoms with Crippen molar-refractivity contribution in [3.05, 3.63) is 59.7 Å². The molecule has 0 aliphatic rings. The summed E-state index contributed by atoms with van der Waals surface area (Å²) in [6.07, 6.45) is 0. The number of nitriles is 1. The van der Waals surface area contributed by atoms with Crippen LogP contribution >= 0.6 is 0 Å². The first-order chi connectivity index (χ1) is 10.3. The summed E-state index contributed by atoms with van der Waals surface area (Å²) < 4.78 is 10.6. The fourth-order valence-corrected chi connectivity index (χ4v) is 2.07. The van der Waals surface area contributed by atoms with Crippen LogP contribution in [0.5, 0.6) is 5.75 Å². The number of methoxy groups -OCH3 is 1. The van der Waals surface area contributed by atoms with Gasteiger partial charge in [-0.1, -0.05) is 36.4 Å². The number of nitrogens with zero attached hydrogens (tertiary/aromatic N) is 1. The molecule has 0 saturated carbocycles. The molecule has 0 aromatic heterocycles. The first kappa shape index (κ1) is 14.9. The average molecular weight is 282 g/mol. The normalized spacial score (nSPS) is 9.90. The summed E-state index contributed by atoms with van der Waals surface area (Å²) >= 11 is 0. The van der Waals surface area contributed by atoms with Gasteiger partial charge >= 0.3 is 0 Å². The minimum absolute atomic E-state index is 0.0529. The standard InChI is InChI=1S/C17H18N2O2/c1-20-13-15-7-2-4-8-16(15)19-12-14-6-3-5-9-17(14)21-11-10-18/h2-9,19H,11-13H2,1H3. The number of ether oxygens (including phenoxy) is 2. The molecule has 0 atom stereocenters. The number of nitrogens with one attached hydrogen (secondary N) is 1. The minimum atomic E-state index is 0.0529. The van der Waals surface area contributed by atoms with E-state index >= 15 is 0 Å². The molecule has 2 aromatic carbocycles. The third-order valence-electron chi connectivity index (χ3n) is 3.05. The number of rotatable bonds is 7. The minimum Gasteiger partial charge on any atom is -0.478 e. The van der Waals surface area contributed by atoms with E-state index in [0.717, 1.165) is 22.6 Å². The third kappa shape index (κ3) is 4.23. The molecular formula is C17H18N2O2. The Hall–Kier alpha value is -2.51. The number of anilines is 1. The van der Waals surface area contributed by atoms with Crippen LogP contribution in [0.15, 0.2) is 48.5 Å². The molecule has 0 unspecified atom stereocenters. The lowest BCUT2D eigenvalue weighted by molar-refractivity contribution is 0.185. The summed E-state index contributed by atoms with van der Waals surface area (Å²) in [5, 5.41) is 12.0. The summed E-state index contributed by atoms with van der Waals surface area (Å²) in [6, 6.07) is 17.7. The Morgan fingerprint density at radius 2 is 1.76 bits per heavy atom. The van der Waals surface area contributed by atoms with Crippen LogP contribution in [-0.4, -0.2) is 13.7 Å². The summed E-state index contributed by atoms with van der Waals surface area (Å²) in [6.45, 7) is 1.25. The topological polar surface area (TPSA) is 54.3 Å². The van der Waals surface area contributed by atoms with E-state index in [1.54, 1.807) is 7.11 Å². The van der Waals surface area contributed by atoms with E-state index in [-0.39, 0.29) is 6.61 Å². The summed E-state index contributed by atoms with van der Waals surface area (Å²) in [5.74, 6) is 0.732. The number of hydrogen-bond donors (Lipinski definition) is 1. The molecule has 2 aromatic rings. The van der Waals surface area contributed by atoms with Crippen molar-refractivity contribution in [1.82, 2.24) is 0 Å². The molecule has 4 nitrogen and oxygen atoms in total. The summed E-state index contributed by atoms with van der Waals surface area (Å²) in [4.78, 5) is 0. The van der Waals surface area contributed by atoms with E-state index < -0.39 is 0 Å². The Labute approximate surface area is 124 Å². The maximum atomic E-state index is 8.62. The molecule has 0 bridgehead atoms.